The Morgan fingerprint density at radius 3 is 1.77 bits per heavy atom. The second kappa shape index (κ2) is 26.9. The summed E-state index contributed by atoms with van der Waals surface area (Å²) in [6, 6.07) is 0. The van der Waals surface area contributed by atoms with Gasteiger partial charge in [0.2, 0.25) is 0 Å². The van der Waals surface area contributed by atoms with E-state index in [2.05, 4.69) is 31.2 Å². The number of carbonyl (C=O) groups is 1. The number of aliphatic hydroxyl groups is 1. The maximum Gasteiger partial charge on any atom is 0.305 e. The van der Waals surface area contributed by atoms with Gasteiger partial charge in [-0.3, -0.25) is 4.79 Å². The van der Waals surface area contributed by atoms with Gasteiger partial charge >= 0.3 is 5.97 Å². The van der Waals surface area contributed by atoms with Crippen LogP contribution < -0.4 is 0 Å². The van der Waals surface area contributed by atoms with E-state index < -0.39 is 0 Å². The second-order valence-corrected chi connectivity index (χ2v) is 8.75. The lowest BCUT2D eigenvalue weighted by molar-refractivity contribution is -0.143. The molecule has 0 aromatic heterocycles. The fraction of sp³-hybridized carbons (Fsp3) is 0.821. The highest BCUT2D eigenvalue weighted by Gasteiger charge is 2.02. The molecule has 0 radical (unpaired) electrons. The van der Waals surface area contributed by atoms with Crippen LogP contribution in [0, 0.1) is 0 Å². The SMILES string of the molecule is CCCCC/C=C\C/C=C\CCCCCCCCOC(=O)CCCCCCCCCO. The molecule has 182 valence electrons. The topological polar surface area (TPSA) is 46.5 Å². The van der Waals surface area contributed by atoms with E-state index in [1.165, 1.54) is 83.5 Å². The third-order valence-corrected chi connectivity index (χ3v) is 5.65. The van der Waals surface area contributed by atoms with E-state index >= 15 is 0 Å². The molecule has 0 aromatic carbocycles. The Kier molecular flexibility index (Phi) is 26.0. The molecule has 0 saturated heterocycles. The Bertz CT molecular complexity index is 414. The van der Waals surface area contributed by atoms with Crippen LogP contribution >= 0.6 is 0 Å². The minimum Gasteiger partial charge on any atom is -0.466 e. The Morgan fingerprint density at radius 2 is 1.16 bits per heavy atom. The standard InChI is InChI=1S/C28H52O3/c1-2-3-4-5-6-7-8-9-10-11-12-13-14-18-21-24-27-31-28(30)25-22-19-16-15-17-20-23-26-29/h6-7,9-10,29H,2-5,8,11-27H2,1H3/b7-6-,10-9-. The summed E-state index contributed by atoms with van der Waals surface area (Å²) in [5.74, 6) is -0.0251. The molecule has 0 aliphatic heterocycles. The third-order valence-electron chi connectivity index (χ3n) is 5.65. The van der Waals surface area contributed by atoms with Gasteiger partial charge < -0.3 is 9.84 Å². The van der Waals surface area contributed by atoms with Crippen LogP contribution in [0.1, 0.15) is 135 Å². The second-order valence-electron chi connectivity index (χ2n) is 8.75. The van der Waals surface area contributed by atoms with E-state index in [1.807, 2.05) is 0 Å². The number of hydrogen-bond acceptors (Lipinski definition) is 3. The number of allylic oxidation sites excluding steroid dienone is 4. The lowest BCUT2D eigenvalue weighted by Gasteiger charge is -2.05. The Labute approximate surface area is 193 Å². The van der Waals surface area contributed by atoms with Crippen molar-refractivity contribution in [2.75, 3.05) is 13.2 Å². The van der Waals surface area contributed by atoms with E-state index in [0.29, 0.717) is 19.6 Å². The minimum absolute atomic E-state index is 0.0251. The first-order chi connectivity index (χ1) is 15.3. The van der Waals surface area contributed by atoms with Crippen LogP contribution in [0.2, 0.25) is 0 Å². The molecule has 0 atom stereocenters. The number of hydrogen-bond donors (Lipinski definition) is 1. The van der Waals surface area contributed by atoms with Gasteiger partial charge in [-0.1, -0.05) is 102 Å². The van der Waals surface area contributed by atoms with Crippen molar-refractivity contribution < 1.29 is 14.6 Å². The molecule has 0 aliphatic rings. The first-order valence-corrected chi connectivity index (χ1v) is 13.4. The van der Waals surface area contributed by atoms with E-state index in [4.69, 9.17) is 9.84 Å². The Balaban J connectivity index is 3.23. The number of esters is 1. The van der Waals surface area contributed by atoms with Crippen molar-refractivity contribution in [1.29, 1.82) is 0 Å². The first kappa shape index (κ1) is 29.9. The number of aliphatic hydroxyl groups excluding tert-OH is 1. The number of carbonyl (C=O) groups excluding carboxylic acids is 1. The molecule has 0 spiro atoms. The lowest BCUT2D eigenvalue weighted by atomic mass is 10.1. The van der Waals surface area contributed by atoms with Gasteiger partial charge in [-0.15, -0.1) is 0 Å². The highest BCUT2D eigenvalue weighted by molar-refractivity contribution is 5.69. The minimum atomic E-state index is -0.0251. The van der Waals surface area contributed by atoms with Gasteiger partial charge in [0, 0.05) is 13.0 Å². The quantitative estimate of drug-likeness (QED) is 0.0937. The number of unbranched alkanes of at least 4 members (excludes halogenated alkanes) is 15. The van der Waals surface area contributed by atoms with Gasteiger partial charge in [0.25, 0.3) is 0 Å². The first-order valence-electron chi connectivity index (χ1n) is 13.4. The van der Waals surface area contributed by atoms with Crippen LogP contribution in [0.5, 0.6) is 0 Å². The highest BCUT2D eigenvalue weighted by atomic mass is 16.5. The van der Waals surface area contributed by atoms with Crippen LogP contribution in [0.25, 0.3) is 0 Å². The predicted octanol–water partition coefficient (Wildman–Crippen LogP) is 8.46. The van der Waals surface area contributed by atoms with Gasteiger partial charge in [-0.25, -0.2) is 0 Å². The summed E-state index contributed by atoms with van der Waals surface area (Å²) in [5.41, 5.74) is 0. The maximum absolute atomic E-state index is 11.7. The summed E-state index contributed by atoms with van der Waals surface area (Å²) in [4.78, 5) is 11.7. The maximum atomic E-state index is 11.7. The molecule has 0 bridgehead atoms. The summed E-state index contributed by atoms with van der Waals surface area (Å²) >= 11 is 0. The normalized spacial score (nSPS) is 11.7. The van der Waals surface area contributed by atoms with Crippen LogP contribution in [-0.4, -0.2) is 24.3 Å². The van der Waals surface area contributed by atoms with Crippen molar-refractivity contribution in [2.24, 2.45) is 0 Å². The molecule has 0 fully saturated rings. The van der Waals surface area contributed by atoms with Crippen molar-refractivity contribution in [3.8, 4) is 0 Å². The van der Waals surface area contributed by atoms with Gasteiger partial charge in [0.05, 0.1) is 6.61 Å². The summed E-state index contributed by atoms with van der Waals surface area (Å²) in [6.45, 7) is 3.15. The summed E-state index contributed by atoms with van der Waals surface area (Å²) in [5, 5.41) is 8.73. The molecule has 0 aliphatic carbocycles. The molecule has 3 heteroatoms. The molecule has 0 unspecified atom stereocenters. The molecule has 1 N–H and O–H groups in total. The van der Waals surface area contributed by atoms with Crippen molar-refractivity contribution in [1.82, 2.24) is 0 Å². The van der Waals surface area contributed by atoms with E-state index in [-0.39, 0.29) is 5.97 Å². The van der Waals surface area contributed by atoms with Crippen LogP contribution in [0.15, 0.2) is 24.3 Å². The zero-order valence-corrected chi connectivity index (χ0v) is 20.6. The monoisotopic (exact) mass is 436 g/mol. The fourth-order valence-electron chi connectivity index (χ4n) is 3.61. The number of ether oxygens (including phenoxy) is 1. The molecule has 0 rings (SSSR count). The van der Waals surface area contributed by atoms with Gasteiger partial charge in [0.15, 0.2) is 0 Å². The van der Waals surface area contributed by atoms with Gasteiger partial charge in [0.1, 0.15) is 0 Å². The molecule has 0 saturated carbocycles. The average molecular weight is 437 g/mol. The van der Waals surface area contributed by atoms with E-state index in [9.17, 15) is 4.79 Å². The van der Waals surface area contributed by atoms with Crippen molar-refractivity contribution >= 4 is 5.97 Å². The molecule has 31 heavy (non-hydrogen) atoms. The molecular weight excluding hydrogens is 384 g/mol. The van der Waals surface area contributed by atoms with Crippen LogP contribution in [-0.2, 0) is 9.53 Å². The molecule has 3 nitrogen and oxygen atoms in total. The summed E-state index contributed by atoms with van der Waals surface area (Å²) in [6.07, 6.45) is 32.3. The zero-order valence-electron chi connectivity index (χ0n) is 20.6. The van der Waals surface area contributed by atoms with Crippen LogP contribution in [0.3, 0.4) is 0 Å². The molecule has 0 aromatic rings. The summed E-state index contributed by atoms with van der Waals surface area (Å²) < 4.78 is 5.34. The Hall–Kier alpha value is -1.09. The average Bonchev–Trinajstić information content (AvgIpc) is 2.77. The van der Waals surface area contributed by atoms with E-state index in [1.54, 1.807) is 0 Å². The predicted molar refractivity (Wildman–Crippen MR) is 134 cm³/mol. The van der Waals surface area contributed by atoms with E-state index in [0.717, 1.165) is 38.5 Å². The Morgan fingerprint density at radius 1 is 0.645 bits per heavy atom. The zero-order chi connectivity index (χ0) is 22.7. The summed E-state index contributed by atoms with van der Waals surface area (Å²) in [7, 11) is 0. The molecule has 0 amide bonds. The third kappa shape index (κ3) is 26.9. The van der Waals surface area contributed by atoms with Crippen molar-refractivity contribution in [3.63, 3.8) is 0 Å². The van der Waals surface area contributed by atoms with Crippen LogP contribution in [0.4, 0.5) is 0 Å². The van der Waals surface area contributed by atoms with Crippen molar-refractivity contribution in [3.05, 3.63) is 24.3 Å². The molecular formula is C28H52O3. The number of rotatable bonds is 24. The largest absolute Gasteiger partial charge is 0.466 e. The lowest BCUT2D eigenvalue weighted by Crippen LogP contribution is -2.05. The van der Waals surface area contributed by atoms with Crippen molar-refractivity contribution in [2.45, 2.75) is 135 Å². The smallest absolute Gasteiger partial charge is 0.305 e. The van der Waals surface area contributed by atoms with Gasteiger partial charge in [-0.05, 0) is 51.4 Å². The fourth-order valence-corrected chi connectivity index (χ4v) is 3.61. The molecule has 0 heterocycles. The van der Waals surface area contributed by atoms with Gasteiger partial charge in [-0.2, -0.15) is 0 Å². The highest BCUT2D eigenvalue weighted by Crippen LogP contribution is 2.10.